The zero-order valence-corrected chi connectivity index (χ0v) is 14.8. The summed E-state index contributed by atoms with van der Waals surface area (Å²) in [5.41, 5.74) is 1.82. The molecule has 2 aromatic rings. The van der Waals surface area contributed by atoms with E-state index < -0.39 is 0 Å². The van der Waals surface area contributed by atoms with Gasteiger partial charge in [0.25, 0.3) is 0 Å². The molecule has 2 nitrogen and oxygen atoms in total. The van der Waals surface area contributed by atoms with Crippen LogP contribution < -0.4 is 4.74 Å². The average Bonchev–Trinajstić information content (AvgIpc) is 2.66. The Balaban J connectivity index is 1.62. The number of carbonyl (C=O) groups is 1. The molecule has 1 saturated carbocycles. The number of ether oxygens (including phenoxy) is 1. The number of carbonyl (C=O) groups excluding carboxylic acids is 1. The first kappa shape index (κ1) is 17.1. The Hall–Kier alpha value is -1.74. The molecule has 3 rings (SSSR count). The van der Waals surface area contributed by atoms with E-state index in [9.17, 15) is 4.79 Å². The molecular formula is C21H24O2S. The lowest BCUT2D eigenvalue weighted by molar-refractivity contribution is 0.112. The lowest BCUT2D eigenvalue weighted by Gasteiger charge is -2.21. The second-order valence-corrected chi connectivity index (χ2v) is 7.54. The molecule has 0 aliphatic heterocycles. The van der Waals surface area contributed by atoms with Crippen molar-refractivity contribution in [2.75, 3.05) is 5.75 Å². The third kappa shape index (κ3) is 5.13. The van der Waals surface area contributed by atoms with E-state index in [1.165, 1.54) is 32.1 Å². The van der Waals surface area contributed by atoms with Crippen molar-refractivity contribution in [1.82, 2.24) is 0 Å². The van der Waals surface area contributed by atoms with Gasteiger partial charge < -0.3 is 4.74 Å². The minimum absolute atomic E-state index is 0.524. The largest absolute Gasteiger partial charge is 0.489 e. The molecule has 0 atom stereocenters. The molecule has 1 aliphatic rings. The van der Waals surface area contributed by atoms with Crippen LogP contribution in [0.15, 0.2) is 53.4 Å². The van der Waals surface area contributed by atoms with Crippen LogP contribution in [0.5, 0.6) is 5.75 Å². The van der Waals surface area contributed by atoms with E-state index in [0.29, 0.717) is 12.2 Å². The SMILES string of the molecule is O=Cc1cc(OCc2ccccc2)cc(SCC2CCCCC2)c1. The van der Waals surface area contributed by atoms with Gasteiger partial charge in [0, 0.05) is 16.2 Å². The summed E-state index contributed by atoms with van der Waals surface area (Å²) in [6.07, 6.45) is 7.71. The van der Waals surface area contributed by atoms with Crippen LogP contribution in [0.1, 0.15) is 48.0 Å². The molecule has 0 amide bonds. The Morgan fingerprint density at radius 3 is 2.58 bits per heavy atom. The maximum Gasteiger partial charge on any atom is 0.150 e. The first-order valence-electron chi connectivity index (χ1n) is 8.73. The lowest BCUT2D eigenvalue weighted by Crippen LogP contribution is -2.08. The third-order valence-electron chi connectivity index (χ3n) is 4.50. The van der Waals surface area contributed by atoms with Crippen molar-refractivity contribution in [3.8, 4) is 5.75 Å². The van der Waals surface area contributed by atoms with Crippen molar-refractivity contribution in [3.05, 3.63) is 59.7 Å². The molecule has 126 valence electrons. The van der Waals surface area contributed by atoms with Crippen molar-refractivity contribution in [2.45, 2.75) is 43.6 Å². The van der Waals surface area contributed by atoms with Crippen molar-refractivity contribution < 1.29 is 9.53 Å². The Bertz CT molecular complexity index is 648. The van der Waals surface area contributed by atoms with Gasteiger partial charge in [-0.15, -0.1) is 11.8 Å². The van der Waals surface area contributed by atoms with Crippen molar-refractivity contribution in [1.29, 1.82) is 0 Å². The molecule has 2 aromatic carbocycles. The minimum Gasteiger partial charge on any atom is -0.489 e. The Morgan fingerprint density at radius 2 is 1.83 bits per heavy atom. The van der Waals surface area contributed by atoms with Gasteiger partial charge >= 0.3 is 0 Å². The van der Waals surface area contributed by atoms with Gasteiger partial charge in [0.2, 0.25) is 0 Å². The van der Waals surface area contributed by atoms with E-state index in [-0.39, 0.29) is 0 Å². The van der Waals surface area contributed by atoms with Crippen molar-refractivity contribution >= 4 is 18.0 Å². The van der Waals surface area contributed by atoms with E-state index in [4.69, 9.17) is 4.74 Å². The smallest absolute Gasteiger partial charge is 0.150 e. The fourth-order valence-corrected chi connectivity index (χ4v) is 4.32. The summed E-state index contributed by atoms with van der Waals surface area (Å²) in [6, 6.07) is 15.9. The summed E-state index contributed by atoms with van der Waals surface area (Å²) in [7, 11) is 0. The number of aldehydes is 1. The molecular weight excluding hydrogens is 316 g/mol. The maximum atomic E-state index is 11.2. The van der Waals surface area contributed by atoms with E-state index in [1.807, 2.05) is 54.2 Å². The van der Waals surface area contributed by atoms with Gasteiger partial charge in [0.1, 0.15) is 18.6 Å². The summed E-state index contributed by atoms with van der Waals surface area (Å²) >= 11 is 1.85. The molecule has 1 aliphatic carbocycles. The van der Waals surface area contributed by atoms with Crippen LogP contribution in [0, 0.1) is 5.92 Å². The normalized spacial score (nSPS) is 15.2. The third-order valence-corrected chi connectivity index (χ3v) is 5.70. The standard InChI is InChI=1S/C21H24O2S/c22-14-19-11-20(23-15-17-7-3-1-4-8-17)13-21(12-19)24-16-18-9-5-2-6-10-18/h1,3-4,7-8,11-14,18H,2,5-6,9-10,15-16H2. The Labute approximate surface area is 148 Å². The molecule has 24 heavy (non-hydrogen) atoms. The fraction of sp³-hybridized carbons (Fsp3) is 0.381. The van der Waals surface area contributed by atoms with Gasteiger partial charge in [-0.3, -0.25) is 4.79 Å². The van der Waals surface area contributed by atoms with Gasteiger partial charge in [-0.05, 0) is 42.5 Å². The van der Waals surface area contributed by atoms with E-state index in [2.05, 4.69) is 6.07 Å². The summed E-state index contributed by atoms with van der Waals surface area (Å²) in [5, 5.41) is 0. The predicted molar refractivity (Wildman–Crippen MR) is 99.9 cm³/mol. The van der Waals surface area contributed by atoms with E-state index in [0.717, 1.165) is 34.2 Å². The first-order valence-corrected chi connectivity index (χ1v) is 9.72. The van der Waals surface area contributed by atoms with Gasteiger partial charge in [-0.1, -0.05) is 49.6 Å². The zero-order valence-electron chi connectivity index (χ0n) is 13.9. The summed E-state index contributed by atoms with van der Waals surface area (Å²) < 4.78 is 5.89. The highest BCUT2D eigenvalue weighted by atomic mass is 32.2. The van der Waals surface area contributed by atoms with E-state index >= 15 is 0 Å². The van der Waals surface area contributed by atoms with Crippen LogP contribution >= 0.6 is 11.8 Å². The lowest BCUT2D eigenvalue weighted by atomic mass is 9.91. The second kappa shape index (κ2) is 8.93. The molecule has 0 aromatic heterocycles. The average molecular weight is 340 g/mol. The zero-order chi connectivity index (χ0) is 16.6. The van der Waals surface area contributed by atoms with Crippen molar-refractivity contribution in [3.63, 3.8) is 0 Å². The maximum absolute atomic E-state index is 11.2. The fourth-order valence-electron chi connectivity index (χ4n) is 3.14. The van der Waals surface area contributed by atoms with Gasteiger partial charge in [0.15, 0.2) is 0 Å². The molecule has 0 unspecified atom stereocenters. The number of hydrogen-bond donors (Lipinski definition) is 0. The number of thioether (sulfide) groups is 1. The summed E-state index contributed by atoms with van der Waals surface area (Å²) in [6.45, 7) is 0.524. The van der Waals surface area contributed by atoms with Gasteiger partial charge in [-0.25, -0.2) is 0 Å². The molecule has 0 heterocycles. The topological polar surface area (TPSA) is 26.3 Å². The highest BCUT2D eigenvalue weighted by Crippen LogP contribution is 2.32. The molecule has 1 fully saturated rings. The van der Waals surface area contributed by atoms with Crippen LogP contribution in [0.3, 0.4) is 0 Å². The van der Waals surface area contributed by atoms with Crippen LogP contribution in [-0.2, 0) is 6.61 Å². The Kier molecular flexibility index (Phi) is 6.36. The molecule has 0 saturated heterocycles. The first-order chi connectivity index (χ1) is 11.8. The molecule has 0 bridgehead atoms. The molecule has 0 N–H and O–H groups in total. The highest BCUT2D eigenvalue weighted by Gasteiger charge is 2.14. The van der Waals surface area contributed by atoms with E-state index in [1.54, 1.807) is 0 Å². The number of hydrogen-bond acceptors (Lipinski definition) is 3. The van der Waals surface area contributed by atoms with Crippen LogP contribution in [0.25, 0.3) is 0 Å². The van der Waals surface area contributed by atoms with Gasteiger partial charge in [0.05, 0.1) is 0 Å². The van der Waals surface area contributed by atoms with Crippen LogP contribution in [-0.4, -0.2) is 12.0 Å². The van der Waals surface area contributed by atoms with Gasteiger partial charge in [-0.2, -0.15) is 0 Å². The van der Waals surface area contributed by atoms with Crippen LogP contribution in [0.2, 0.25) is 0 Å². The number of rotatable bonds is 7. The predicted octanol–water partition coefficient (Wildman–Crippen LogP) is 5.75. The molecule has 0 spiro atoms. The number of benzene rings is 2. The molecule has 3 heteroatoms. The second-order valence-electron chi connectivity index (χ2n) is 6.44. The summed E-state index contributed by atoms with van der Waals surface area (Å²) in [4.78, 5) is 12.4. The highest BCUT2D eigenvalue weighted by molar-refractivity contribution is 7.99. The quantitative estimate of drug-likeness (QED) is 0.474. The van der Waals surface area contributed by atoms with Crippen LogP contribution in [0.4, 0.5) is 0 Å². The minimum atomic E-state index is 0.524. The molecule has 0 radical (unpaired) electrons. The Morgan fingerprint density at radius 1 is 1.04 bits per heavy atom. The summed E-state index contributed by atoms with van der Waals surface area (Å²) in [5.74, 6) is 2.73. The monoisotopic (exact) mass is 340 g/mol. The van der Waals surface area contributed by atoms with Crippen molar-refractivity contribution in [2.24, 2.45) is 5.92 Å².